The van der Waals surface area contributed by atoms with E-state index < -0.39 is 11.9 Å². The minimum atomic E-state index is -0.859. The second-order valence-corrected chi connectivity index (χ2v) is 1.44. The zero-order valence-electron chi connectivity index (χ0n) is 5.15. The Hall–Kier alpha value is -1.63. The average Bonchev–Trinajstić information content (AvgIpc) is 1.90. The van der Waals surface area contributed by atoms with Crippen LogP contribution in [0.15, 0.2) is 4.99 Å². The third kappa shape index (κ3) is 3.38. The van der Waals surface area contributed by atoms with Crippen LogP contribution in [-0.4, -0.2) is 18.5 Å². The van der Waals surface area contributed by atoms with Crippen LogP contribution in [0.1, 0.15) is 0 Å². The number of amides is 2. The summed E-state index contributed by atoms with van der Waals surface area (Å²) in [5.41, 5.74) is 4.63. The highest BCUT2D eigenvalue weighted by Gasteiger charge is 1.96. The van der Waals surface area contributed by atoms with Gasteiger partial charge in [0, 0.05) is 6.21 Å². The second kappa shape index (κ2) is 4.27. The molecule has 0 saturated heterocycles. The molecule has 0 aliphatic heterocycles. The lowest BCUT2D eigenvalue weighted by Crippen LogP contribution is -2.07. The van der Waals surface area contributed by atoms with Crippen LogP contribution in [0.5, 0.6) is 0 Å². The Kier molecular flexibility index (Phi) is 3.57. The molecule has 0 rings (SSSR count). The lowest BCUT2D eigenvalue weighted by atomic mass is 10.2. The summed E-state index contributed by atoms with van der Waals surface area (Å²) < 4.78 is 0. The summed E-state index contributed by atoms with van der Waals surface area (Å²) in [6.07, 6.45) is 6.36. The van der Waals surface area contributed by atoms with Gasteiger partial charge in [-0.2, -0.15) is 0 Å². The number of hydrogen-bond donors (Lipinski definition) is 1. The Labute approximate surface area is 58.1 Å². The van der Waals surface area contributed by atoms with Gasteiger partial charge in [0.2, 0.25) is 0 Å². The fourth-order valence-corrected chi connectivity index (χ4v) is 0.271. The van der Waals surface area contributed by atoms with Gasteiger partial charge < -0.3 is 10.5 Å². The molecule has 0 saturated carbocycles. The van der Waals surface area contributed by atoms with Crippen molar-refractivity contribution < 1.29 is 9.59 Å². The van der Waals surface area contributed by atoms with Crippen LogP contribution in [0, 0.1) is 18.3 Å². The summed E-state index contributed by atoms with van der Waals surface area (Å²) in [5, 5.41) is 0. The molecule has 2 N–H and O–H groups in total. The number of urea groups is 1. The molecule has 4 nitrogen and oxygen atoms in total. The van der Waals surface area contributed by atoms with Gasteiger partial charge in [-0.25, -0.2) is 9.79 Å². The Morgan fingerprint density at radius 3 is 2.70 bits per heavy atom. The van der Waals surface area contributed by atoms with Crippen molar-refractivity contribution in [2.75, 3.05) is 0 Å². The topological polar surface area (TPSA) is 72.5 Å². The summed E-state index contributed by atoms with van der Waals surface area (Å²) in [7, 11) is 0. The smallest absolute Gasteiger partial charge is 0.338 e. The number of hydrogen-bond acceptors (Lipinski definition) is 2. The van der Waals surface area contributed by atoms with E-state index in [0.717, 1.165) is 6.21 Å². The zero-order valence-corrected chi connectivity index (χ0v) is 5.15. The molecule has 1 atom stereocenters. The first kappa shape index (κ1) is 8.37. The van der Waals surface area contributed by atoms with Crippen molar-refractivity contribution in [3.8, 4) is 12.3 Å². The Morgan fingerprint density at radius 1 is 1.80 bits per heavy atom. The van der Waals surface area contributed by atoms with Gasteiger partial charge in [-0.05, 0) is 0 Å². The van der Waals surface area contributed by atoms with Crippen LogP contribution in [0.25, 0.3) is 0 Å². The monoisotopic (exact) mass is 138 g/mol. The van der Waals surface area contributed by atoms with E-state index in [4.69, 9.17) is 6.42 Å². The zero-order chi connectivity index (χ0) is 7.98. The summed E-state index contributed by atoms with van der Waals surface area (Å²) >= 11 is 0. The van der Waals surface area contributed by atoms with Crippen LogP contribution in [0.2, 0.25) is 0 Å². The predicted octanol–water partition coefficient (Wildman–Crippen LogP) is -0.416. The molecule has 0 aromatic heterocycles. The van der Waals surface area contributed by atoms with Gasteiger partial charge in [-0.1, -0.05) is 5.92 Å². The van der Waals surface area contributed by atoms with Crippen molar-refractivity contribution in [2.24, 2.45) is 16.6 Å². The van der Waals surface area contributed by atoms with E-state index in [1.807, 2.05) is 0 Å². The molecule has 0 heterocycles. The molecule has 52 valence electrons. The van der Waals surface area contributed by atoms with Crippen LogP contribution in [0.4, 0.5) is 4.79 Å². The van der Waals surface area contributed by atoms with E-state index >= 15 is 0 Å². The van der Waals surface area contributed by atoms with Gasteiger partial charge in [0.25, 0.3) is 0 Å². The van der Waals surface area contributed by atoms with Crippen LogP contribution < -0.4 is 5.73 Å². The van der Waals surface area contributed by atoms with Crippen molar-refractivity contribution in [1.82, 2.24) is 0 Å². The van der Waals surface area contributed by atoms with E-state index in [9.17, 15) is 9.59 Å². The lowest BCUT2D eigenvalue weighted by Gasteiger charge is -1.87. The van der Waals surface area contributed by atoms with Gasteiger partial charge in [0.15, 0.2) is 0 Å². The van der Waals surface area contributed by atoms with Crippen molar-refractivity contribution in [3.05, 3.63) is 0 Å². The van der Waals surface area contributed by atoms with Crippen molar-refractivity contribution in [2.45, 2.75) is 0 Å². The van der Waals surface area contributed by atoms with Gasteiger partial charge in [-0.15, -0.1) is 6.42 Å². The van der Waals surface area contributed by atoms with E-state index in [1.54, 1.807) is 0 Å². The number of terminal acetylenes is 1. The Balaban J connectivity index is 4.00. The lowest BCUT2D eigenvalue weighted by molar-refractivity contribution is -0.108. The highest BCUT2D eigenvalue weighted by atomic mass is 16.2. The summed E-state index contributed by atoms with van der Waals surface area (Å²) in [6.45, 7) is 0. The predicted molar refractivity (Wildman–Crippen MR) is 36.5 cm³/mol. The summed E-state index contributed by atoms with van der Waals surface area (Å²) in [5.74, 6) is 1.32. The summed E-state index contributed by atoms with van der Waals surface area (Å²) in [6, 6.07) is -0.859. The molecule has 4 heteroatoms. The number of carbonyl (C=O) groups excluding carboxylic acids is 2. The second-order valence-electron chi connectivity index (χ2n) is 1.44. The maximum absolute atomic E-state index is 9.98. The molecule has 0 fully saturated rings. The Bertz CT molecular complexity index is 202. The molecule has 0 radical (unpaired) electrons. The van der Waals surface area contributed by atoms with E-state index in [1.165, 1.54) is 0 Å². The standard InChI is InChI=1S/C6H6N2O2/c1-2-5(4-9)3-8-6(7)10/h1,3-5H,(H2,7,10). The quantitative estimate of drug-likeness (QED) is 0.320. The minimum Gasteiger partial charge on any atom is -0.350 e. The van der Waals surface area contributed by atoms with Gasteiger partial charge in [0.05, 0.1) is 0 Å². The molecule has 0 aromatic rings. The number of rotatable bonds is 2. The minimum absolute atomic E-state index is 0.493. The molecule has 2 amide bonds. The molecule has 0 spiro atoms. The summed E-state index contributed by atoms with van der Waals surface area (Å²) in [4.78, 5) is 23.0. The maximum Gasteiger partial charge on any atom is 0.338 e. The first-order valence-electron chi connectivity index (χ1n) is 2.45. The SMILES string of the molecule is C#CC(C=O)C=NC(N)=O. The fourth-order valence-electron chi connectivity index (χ4n) is 0.271. The van der Waals surface area contributed by atoms with Crippen LogP contribution >= 0.6 is 0 Å². The molecule has 1 unspecified atom stereocenters. The fraction of sp³-hybridized carbons (Fsp3) is 0.167. The first-order valence-corrected chi connectivity index (χ1v) is 2.45. The maximum atomic E-state index is 9.98. The number of nitrogens with zero attached hydrogens (tertiary/aromatic N) is 1. The highest BCUT2D eigenvalue weighted by molar-refractivity contribution is 5.91. The van der Waals surface area contributed by atoms with Crippen molar-refractivity contribution in [1.29, 1.82) is 0 Å². The molecular formula is C6H6N2O2. The number of carbonyl (C=O) groups is 2. The Morgan fingerprint density at radius 2 is 2.40 bits per heavy atom. The van der Waals surface area contributed by atoms with E-state index in [0.29, 0.717) is 6.29 Å². The van der Waals surface area contributed by atoms with Gasteiger partial charge in [0.1, 0.15) is 12.2 Å². The number of aliphatic imine (C=N–C) groups is 1. The van der Waals surface area contributed by atoms with Gasteiger partial charge >= 0.3 is 6.03 Å². The van der Waals surface area contributed by atoms with Crippen molar-refractivity contribution >= 4 is 18.5 Å². The molecule has 0 bridgehead atoms. The molecule has 10 heavy (non-hydrogen) atoms. The molecule has 0 aliphatic carbocycles. The first-order chi connectivity index (χ1) is 4.70. The van der Waals surface area contributed by atoms with E-state index in [-0.39, 0.29) is 0 Å². The molecular weight excluding hydrogens is 132 g/mol. The number of primary amides is 1. The van der Waals surface area contributed by atoms with Gasteiger partial charge in [-0.3, -0.25) is 0 Å². The number of aldehydes is 1. The third-order valence-corrected chi connectivity index (χ3v) is 0.701. The van der Waals surface area contributed by atoms with Crippen LogP contribution in [-0.2, 0) is 4.79 Å². The van der Waals surface area contributed by atoms with Crippen LogP contribution in [0.3, 0.4) is 0 Å². The molecule has 0 aliphatic rings. The largest absolute Gasteiger partial charge is 0.350 e. The van der Waals surface area contributed by atoms with Crippen molar-refractivity contribution in [3.63, 3.8) is 0 Å². The average molecular weight is 138 g/mol. The third-order valence-electron chi connectivity index (χ3n) is 0.701. The number of nitrogens with two attached hydrogens (primary N) is 1. The normalized spacial score (nSPS) is 12.3. The highest BCUT2D eigenvalue weighted by Crippen LogP contribution is 1.82. The molecule has 0 aromatic carbocycles. The van der Waals surface area contributed by atoms with E-state index in [2.05, 4.69) is 16.6 Å².